The van der Waals surface area contributed by atoms with E-state index < -0.39 is 18.0 Å². The lowest BCUT2D eigenvalue weighted by atomic mass is 10.1. The zero-order valence-corrected chi connectivity index (χ0v) is 16.3. The van der Waals surface area contributed by atoms with Gasteiger partial charge in [0, 0.05) is 24.5 Å². The Morgan fingerprint density at radius 2 is 1.76 bits per heavy atom. The van der Waals surface area contributed by atoms with E-state index in [0.29, 0.717) is 16.5 Å². The molecule has 0 bridgehead atoms. The fourth-order valence-corrected chi connectivity index (χ4v) is 2.90. The van der Waals surface area contributed by atoms with Crippen LogP contribution in [0, 0.1) is 0 Å². The Bertz CT molecular complexity index is 1120. The molecule has 8 nitrogen and oxygen atoms in total. The highest BCUT2D eigenvalue weighted by atomic mass is 16.5. The molecule has 3 rings (SSSR count). The summed E-state index contributed by atoms with van der Waals surface area (Å²) in [5.41, 5.74) is 0.458. The number of carbonyl (C=O) groups is 2. The molecule has 2 aromatic carbocycles. The number of para-hydroxylation sites is 1. The summed E-state index contributed by atoms with van der Waals surface area (Å²) >= 11 is 0. The number of esters is 1. The first-order valence-electron chi connectivity index (χ1n) is 8.99. The second kappa shape index (κ2) is 8.55. The molecule has 1 amide bonds. The van der Waals surface area contributed by atoms with Crippen LogP contribution in [0.15, 0.2) is 53.3 Å². The number of methoxy groups -OCH3 is 1. The lowest BCUT2D eigenvalue weighted by molar-refractivity contribution is -0.129. The van der Waals surface area contributed by atoms with Crippen LogP contribution in [0.5, 0.6) is 5.75 Å². The van der Waals surface area contributed by atoms with Crippen LogP contribution >= 0.6 is 0 Å². The fourth-order valence-electron chi connectivity index (χ4n) is 2.90. The SMILES string of the molecule is COc1ccccc1CNC(=O)[C@H](C)OC(=O)c1nn(C)c(=O)c2ccccc12. The zero-order valence-electron chi connectivity index (χ0n) is 16.3. The molecule has 0 saturated heterocycles. The molecule has 0 spiro atoms. The van der Waals surface area contributed by atoms with Gasteiger partial charge in [-0.3, -0.25) is 9.59 Å². The molecule has 29 heavy (non-hydrogen) atoms. The van der Waals surface area contributed by atoms with E-state index in [1.807, 2.05) is 18.2 Å². The molecule has 1 heterocycles. The minimum atomic E-state index is -1.05. The summed E-state index contributed by atoms with van der Waals surface area (Å²) in [6.07, 6.45) is -1.05. The number of benzene rings is 2. The van der Waals surface area contributed by atoms with Crippen molar-refractivity contribution in [3.8, 4) is 5.75 Å². The summed E-state index contributed by atoms with van der Waals surface area (Å²) in [5.74, 6) is -0.589. The lowest BCUT2D eigenvalue weighted by Crippen LogP contribution is -2.36. The Kier molecular flexibility index (Phi) is 5.92. The summed E-state index contributed by atoms with van der Waals surface area (Å²) in [4.78, 5) is 37.2. The van der Waals surface area contributed by atoms with Crippen molar-refractivity contribution in [1.29, 1.82) is 0 Å². The molecule has 0 fully saturated rings. The molecule has 0 unspecified atom stereocenters. The Morgan fingerprint density at radius 3 is 2.48 bits per heavy atom. The van der Waals surface area contributed by atoms with Crippen molar-refractivity contribution >= 4 is 22.6 Å². The van der Waals surface area contributed by atoms with Gasteiger partial charge in [-0.1, -0.05) is 36.4 Å². The molecular weight excluding hydrogens is 374 g/mol. The van der Waals surface area contributed by atoms with Crippen LogP contribution in [-0.2, 0) is 23.1 Å². The highest BCUT2D eigenvalue weighted by Gasteiger charge is 2.23. The van der Waals surface area contributed by atoms with Crippen molar-refractivity contribution in [3.63, 3.8) is 0 Å². The van der Waals surface area contributed by atoms with Crippen molar-refractivity contribution in [1.82, 2.24) is 15.1 Å². The number of carbonyl (C=O) groups excluding carboxylic acids is 2. The maximum absolute atomic E-state index is 12.6. The van der Waals surface area contributed by atoms with Crippen molar-refractivity contribution in [3.05, 3.63) is 70.1 Å². The van der Waals surface area contributed by atoms with Crippen LogP contribution in [-0.4, -0.2) is 34.9 Å². The van der Waals surface area contributed by atoms with Gasteiger partial charge in [0.2, 0.25) is 0 Å². The highest BCUT2D eigenvalue weighted by Crippen LogP contribution is 2.17. The first-order chi connectivity index (χ1) is 13.9. The molecule has 0 aliphatic heterocycles. The number of fused-ring (bicyclic) bond motifs is 1. The van der Waals surface area contributed by atoms with Crippen LogP contribution < -0.4 is 15.6 Å². The number of aryl methyl sites for hydroxylation is 1. The number of amides is 1. The number of hydrogen-bond acceptors (Lipinski definition) is 6. The quantitative estimate of drug-likeness (QED) is 0.639. The molecule has 0 saturated carbocycles. The maximum atomic E-state index is 12.6. The van der Waals surface area contributed by atoms with Gasteiger partial charge in [-0.25, -0.2) is 9.48 Å². The second-order valence-corrected chi connectivity index (χ2v) is 6.40. The smallest absolute Gasteiger partial charge is 0.360 e. The largest absolute Gasteiger partial charge is 0.496 e. The molecule has 3 aromatic rings. The maximum Gasteiger partial charge on any atom is 0.360 e. The van der Waals surface area contributed by atoms with Crippen LogP contribution in [0.1, 0.15) is 23.0 Å². The minimum absolute atomic E-state index is 0.0212. The van der Waals surface area contributed by atoms with E-state index in [0.717, 1.165) is 10.2 Å². The van der Waals surface area contributed by atoms with E-state index in [9.17, 15) is 14.4 Å². The van der Waals surface area contributed by atoms with Crippen molar-refractivity contribution in [2.75, 3.05) is 7.11 Å². The summed E-state index contributed by atoms with van der Waals surface area (Å²) in [5, 5.41) is 7.46. The Balaban J connectivity index is 1.72. The normalized spacial score (nSPS) is 11.7. The van der Waals surface area contributed by atoms with E-state index in [2.05, 4.69) is 10.4 Å². The Labute approximate surface area is 167 Å². The monoisotopic (exact) mass is 395 g/mol. The van der Waals surface area contributed by atoms with E-state index >= 15 is 0 Å². The summed E-state index contributed by atoms with van der Waals surface area (Å²) < 4.78 is 11.6. The van der Waals surface area contributed by atoms with Gasteiger partial charge in [-0.05, 0) is 19.1 Å². The number of rotatable bonds is 6. The van der Waals surface area contributed by atoms with Crippen LogP contribution in [0.2, 0.25) is 0 Å². The fraction of sp³-hybridized carbons (Fsp3) is 0.238. The van der Waals surface area contributed by atoms with Gasteiger partial charge in [-0.2, -0.15) is 5.10 Å². The molecule has 1 N–H and O–H groups in total. The molecule has 150 valence electrons. The average molecular weight is 395 g/mol. The predicted molar refractivity (Wildman–Crippen MR) is 107 cm³/mol. The van der Waals surface area contributed by atoms with E-state index in [1.54, 1.807) is 37.4 Å². The van der Waals surface area contributed by atoms with Gasteiger partial charge in [0.1, 0.15) is 5.75 Å². The molecule has 0 aliphatic rings. The molecule has 1 atom stereocenters. The highest BCUT2D eigenvalue weighted by molar-refractivity contribution is 6.02. The average Bonchev–Trinajstić information content (AvgIpc) is 2.74. The van der Waals surface area contributed by atoms with Crippen molar-refractivity contribution in [2.24, 2.45) is 7.05 Å². The molecule has 0 aliphatic carbocycles. The molecule has 8 heteroatoms. The number of hydrogen-bond donors (Lipinski definition) is 1. The van der Waals surface area contributed by atoms with Crippen LogP contribution in [0.3, 0.4) is 0 Å². The van der Waals surface area contributed by atoms with Gasteiger partial charge in [0.25, 0.3) is 11.5 Å². The van der Waals surface area contributed by atoms with Gasteiger partial charge in [0.05, 0.1) is 12.5 Å². The summed E-state index contributed by atoms with van der Waals surface area (Å²) in [6.45, 7) is 1.70. The van der Waals surface area contributed by atoms with E-state index in [-0.39, 0.29) is 17.8 Å². The number of ether oxygens (including phenoxy) is 2. The van der Waals surface area contributed by atoms with Gasteiger partial charge in [0.15, 0.2) is 11.8 Å². The second-order valence-electron chi connectivity index (χ2n) is 6.40. The lowest BCUT2D eigenvalue weighted by Gasteiger charge is -2.15. The van der Waals surface area contributed by atoms with Crippen LogP contribution in [0.25, 0.3) is 10.8 Å². The third-order valence-electron chi connectivity index (χ3n) is 4.45. The minimum Gasteiger partial charge on any atom is -0.496 e. The van der Waals surface area contributed by atoms with Gasteiger partial charge >= 0.3 is 5.97 Å². The van der Waals surface area contributed by atoms with Crippen LogP contribution in [0.4, 0.5) is 0 Å². The number of nitrogens with zero attached hydrogens (tertiary/aromatic N) is 2. The molecule has 0 radical (unpaired) electrons. The summed E-state index contributed by atoms with van der Waals surface area (Å²) in [6, 6.07) is 13.9. The first-order valence-corrected chi connectivity index (χ1v) is 8.99. The van der Waals surface area contributed by atoms with Crippen molar-refractivity contribution in [2.45, 2.75) is 19.6 Å². The first kappa shape index (κ1) is 20.1. The zero-order chi connectivity index (χ0) is 21.0. The number of aromatic nitrogens is 2. The predicted octanol–water partition coefficient (Wildman–Crippen LogP) is 1.80. The van der Waals surface area contributed by atoms with Gasteiger partial charge < -0.3 is 14.8 Å². The third kappa shape index (κ3) is 4.26. The standard InChI is InChI=1S/C21H21N3O5/c1-13(19(25)22-12-14-8-4-7-11-17(14)28-3)29-21(27)18-15-9-5-6-10-16(15)20(26)24(2)23-18/h4-11,13H,12H2,1-3H3,(H,22,25)/t13-/m0/s1. The topological polar surface area (TPSA) is 99.5 Å². The molecule has 1 aromatic heterocycles. The van der Waals surface area contributed by atoms with Crippen molar-refractivity contribution < 1.29 is 19.1 Å². The number of nitrogens with one attached hydrogen (secondary N) is 1. The molecular formula is C21H21N3O5. The Morgan fingerprint density at radius 1 is 1.10 bits per heavy atom. The Hall–Kier alpha value is -3.68. The summed E-state index contributed by atoms with van der Waals surface area (Å²) in [7, 11) is 3.00. The van der Waals surface area contributed by atoms with Gasteiger partial charge in [-0.15, -0.1) is 0 Å². The van der Waals surface area contributed by atoms with E-state index in [4.69, 9.17) is 9.47 Å². The van der Waals surface area contributed by atoms with E-state index in [1.165, 1.54) is 14.0 Å². The third-order valence-corrected chi connectivity index (χ3v) is 4.45.